The number of halogens is 1. The number of carbonyl (C=O) groups is 1. The minimum Gasteiger partial charge on any atom is -0.357 e. The first-order chi connectivity index (χ1) is 11.7. The van der Waals surface area contributed by atoms with Gasteiger partial charge in [0.1, 0.15) is 0 Å². The third kappa shape index (κ3) is 7.05. The molecule has 0 aliphatic heterocycles. The van der Waals surface area contributed by atoms with E-state index in [0.717, 1.165) is 23.3 Å². The smallest absolute Gasteiger partial charge is 0.251 e. The maximum Gasteiger partial charge on any atom is 0.251 e. The SMILES string of the molecule is CCNC(=NCc1ccc(C(=O)NC)cc1)NC1CCC(SC)C1.I. The van der Waals surface area contributed by atoms with E-state index in [2.05, 4.69) is 34.1 Å². The monoisotopic (exact) mass is 476 g/mol. The average Bonchev–Trinajstić information content (AvgIpc) is 3.07. The first kappa shape index (κ1) is 22.1. The highest BCUT2D eigenvalue weighted by molar-refractivity contribution is 14.0. The number of carbonyl (C=O) groups excluding carboxylic acids is 1. The predicted octanol–water partition coefficient (Wildman–Crippen LogP) is 3.00. The highest BCUT2D eigenvalue weighted by atomic mass is 127. The molecule has 2 unspecified atom stereocenters. The van der Waals surface area contributed by atoms with E-state index in [1.165, 1.54) is 19.3 Å². The summed E-state index contributed by atoms with van der Waals surface area (Å²) in [6, 6.07) is 8.10. The van der Waals surface area contributed by atoms with Gasteiger partial charge in [-0.25, -0.2) is 4.99 Å². The van der Waals surface area contributed by atoms with Gasteiger partial charge in [0.05, 0.1) is 6.54 Å². The molecular formula is C18H29IN4OS. The van der Waals surface area contributed by atoms with Crippen molar-refractivity contribution in [2.45, 2.75) is 44.0 Å². The van der Waals surface area contributed by atoms with E-state index < -0.39 is 0 Å². The van der Waals surface area contributed by atoms with Gasteiger partial charge >= 0.3 is 0 Å². The van der Waals surface area contributed by atoms with Gasteiger partial charge < -0.3 is 16.0 Å². The predicted molar refractivity (Wildman–Crippen MR) is 118 cm³/mol. The maximum absolute atomic E-state index is 11.6. The van der Waals surface area contributed by atoms with Crippen molar-refractivity contribution in [2.24, 2.45) is 4.99 Å². The Morgan fingerprint density at radius 3 is 2.56 bits per heavy atom. The van der Waals surface area contributed by atoms with Gasteiger partial charge in [-0.15, -0.1) is 24.0 Å². The van der Waals surface area contributed by atoms with Crippen LogP contribution in [-0.2, 0) is 6.54 Å². The van der Waals surface area contributed by atoms with Gasteiger partial charge in [0.15, 0.2) is 5.96 Å². The lowest BCUT2D eigenvalue weighted by Gasteiger charge is -2.17. The topological polar surface area (TPSA) is 65.5 Å². The van der Waals surface area contributed by atoms with Crippen LogP contribution < -0.4 is 16.0 Å². The average molecular weight is 476 g/mol. The maximum atomic E-state index is 11.6. The summed E-state index contributed by atoms with van der Waals surface area (Å²) < 4.78 is 0. The number of hydrogen-bond donors (Lipinski definition) is 3. The van der Waals surface area contributed by atoms with Crippen molar-refractivity contribution in [3.8, 4) is 0 Å². The van der Waals surface area contributed by atoms with Gasteiger partial charge in [-0.05, 0) is 50.1 Å². The van der Waals surface area contributed by atoms with Gasteiger partial charge in [-0.2, -0.15) is 11.8 Å². The second-order valence-corrected chi connectivity index (χ2v) is 7.12. The molecule has 1 aromatic rings. The van der Waals surface area contributed by atoms with E-state index in [-0.39, 0.29) is 29.9 Å². The Labute approximate surface area is 172 Å². The van der Waals surface area contributed by atoms with Crippen LogP contribution in [0.2, 0.25) is 0 Å². The Morgan fingerprint density at radius 2 is 2.00 bits per heavy atom. The Bertz CT molecular complexity index is 565. The quantitative estimate of drug-likeness (QED) is 0.336. The zero-order valence-electron chi connectivity index (χ0n) is 15.2. The molecule has 1 aliphatic rings. The van der Waals surface area contributed by atoms with E-state index >= 15 is 0 Å². The van der Waals surface area contributed by atoms with E-state index in [4.69, 9.17) is 0 Å². The van der Waals surface area contributed by atoms with Crippen molar-refractivity contribution in [3.63, 3.8) is 0 Å². The normalized spacial score (nSPS) is 19.9. The molecule has 1 saturated carbocycles. The summed E-state index contributed by atoms with van der Waals surface area (Å²) in [6.07, 6.45) is 5.87. The van der Waals surface area contributed by atoms with Gasteiger partial charge in [0, 0.05) is 30.4 Å². The van der Waals surface area contributed by atoms with Gasteiger partial charge in [-0.3, -0.25) is 4.79 Å². The van der Waals surface area contributed by atoms with Gasteiger partial charge in [0.25, 0.3) is 5.91 Å². The fraction of sp³-hybridized carbons (Fsp3) is 0.556. The van der Waals surface area contributed by atoms with Crippen molar-refractivity contribution >= 4 is 47.6 Å². The molecule has 0 spiro atoms. The van der Waals surface area contributed by atoms with E-state index in [1.54, 1.807) is 7.05 Å². The van der Waals surface area contributed by atoms with E-state index in [0.29, 0.717) is 18.2 Å². The van der Waals surface area contributed by atoms with Crippen molar-refractivity contribution < 1.29 is 4.79 Å². The zero-order valence-corrected chi connectivity index (χ0v) is 18.3. The first-order valence-corrected chi connectivity index (χ1v) is 9.83. The van der Waals surface area contributed by atoms with Crippen LogP contribution in [0.4, 0.5) is 0 Å². The lowest BCUT2D eigenvalue weighted by atomic mass is 10.1. The number of aliphatic imine (C=N–C) groups is 1. The first-order valence-electron chi connectivity index (χ1n) is 8.55. The summed E-state index contributed by atoms with van der Waals surface area (Å²) in [4.78, 5) is 16.2. The van der Waals surface area contributed by atoms with Crippen LogP contribution >= 0.6 is 35.7 Å². The molecule has 0 saturated heterocycles. The molecule has 2 rings (SSSR count). The molecule has 25 heavy (non-hydrogen) atoms. The summed E-state index contributed by atoms with van der Waals surface area (Å²) in [7, 11) is 1.64. The fourth-order valence-electron chi connectivity index (χ4n) is 2.87. The van der Waals surface area contributed by atoms with Crippen molar-refractivity contribution in [2.75, 3.05) is 19.8 Å². The summed E-state index contributed by atoms with van der Waals surface area (Å²) in [5.41, 5.74) is 1.76. The van der Waals surface area contributed by atoms with Crippen LogP contribution in [0.3, 0.4) is 0 Å². The fourth-order valence-corrected chi connectivity index (χ4v) is 3.67. The molecule has 2 atom stereocenters. The number of rotatable bonds is 6. The van der Waals surface area contributed by atoms with Gasteiger partial charge in [-0.1, -0.05) is 12.1 Å². The van der Waals surface area contributed by atoms with Crippen LogP contribution in [0, 0.1) is 0 Å². The molecule has 0 bridgehead atoms. The Kier molecular flexibility index (Phi) is 10.3. The standard InChI is InChI=1S/C18H28N4OS.HI/c1-4-20-18(22-15-9-10-16(11-15)24-3)21-12-13-5-7-14(8-6-13)17(23)19-2;/h5-8,15-16H,4,9-12H2,1-3H3,(H,19,23)(H2,20,21,22);1H. The Hall–Kier alpha value is -0.960. The lowest BCUT2D eigenvalue weighted by Crippen LogP contribution is -2.42. The Balaban J connectivity index is 0.00000312. The molecule has 1 aromatic carbocycles. The molecule has 1 amide bonds. The highest BCUT2D eigenvalue weighted by Gasteiger charge is 2.24. The molecule has 1 aliphatic carbocycles. The van der Waals surface area contributed by atoms with Crippen LogP contribution in [0.1, 0.15) is 42.1 Å². The highest BCUT2D eigenvalue weighted by Crippen LogP contribution is 2.28. The minimum absolute atomic E-state index is 0. The number of nitrogens with zero attached hydrogens (tertiary/aromatic N) is 1. The number of amides is 1. The molecule has 0 radical (unpaired) electrons. The van der Waals surface area contributed by atoms with Crippen LogP contribution in [0.25, 0.3) is 0 Å². The largest absolute Gasteiger partial charge is 0.357 e. The van der Waals surface area contributed by atoms with Crippen molar-refractivity contribution in [1.29, 1.82) is 0 Å². The third-order valence-corrected chi connectivity index (χ3v) is 5.36. The van der Waals surface area contributed by atoms with Crippen LogP contribution in [0.15, 0.2) is 29.3 Å². The number of thioether (sulfide) groups is 1. The molecule has 140 valence electrons. The van der Waals surface area contributed by atoms with Crippen LogP contribution in [0.5, 0.6) is 0 Å². The molecule has 3 N–H and O–H groups in total. The number of guanidine groups is 1. The summed E-state index contributed by atoms with van der Waals surface area (Å²) in [5, 5.41) is 10.3. The summed E-state index contributed by atoms with van der Waals surface area (Å²) >= 11 is 1.96. The van der Waals surface area contributed by atoms with E-state index in [9.17, 15) is 4.79 Å². The molecule has 5 nitrogen and oxygen atoms in total. The summed E-state index contributed by atoms with van der Waals surface area (Å²) in [5.74, 6) is 0.810. The Morgan fingerprint density at radius 1 is 1.28 bits per heavy atom. The zero-order chi connectivity index (χ0) is 17.4. The third-order valence-electron chi connectivity index (χ3n) is 4.27. The van der Waals surface area contributed by atoms with Gasteiger partial charge in [0.2, 0.25) is 0 Å². The molecule has 0 heterocycles. The molecule has 1 fully saturated rings. The van der Waals surface area contributed by atoms with E-state index in [1.807, 2.05) is 36.0 Å². The summed E-state index contributed by atoms with van der Waals surface area (Å²) in [6.45, 7) is 3.52. The minimum atomic E-state index is -0.0651. The number of hydrogen-bond acceptors (Lipinski definition) is 3. The molecule has 7 heteroatoms. The van der Waals surface area contributed by atoms with Crippen LogP contribution in [-0.4, -0.2) is 43.0 Å². The lowest BCUT2D eigenvalue weighted by molar-refractivity contribution is 0.0963. The molecular weight excluding hydrogens is 447 g/mol. The molecule has 0 aromatic heterocycles. The second-order valence-electron chi connectivity index (χ2n) is 5.98. The number of benzene rings is 1. The number of nitrogens with one attached hydrogen (secondary N) is 3. The second kappa shape index (κ2) is 11.6. The van der Waals surface area contributed by atoms with Crippen molar-refractivity contribution in [1.82, 2.24) is 16.0 Å². The van der Waals surface area contributed by atoms with Crippen molar-refractivity contribution in [3.05, 3.63) is 35.4 Å².